The summed E-state index contributed by atoms with van der Waals surface area (Å²) in [6.45, 7) is 6.43. The predicted molar refractivity (Wildman–Crippen MR) is 65.0 cm³/mol. The molecule has 1 unspecified atom stereocenters. The largest absolute Gasteiger partial charge is 0.390 e. The average molecular weight is 264 g/mol. The lowest BCUT2D eigenvalue weighted by Crippen LogP contribution is -2.21. The van der Waals surface area contributed by atoms with E-state index in [1.165, 1.54) is 5.82 Å². The lowest BCUT2D eigenvalue weighted by molar-refractivity contribution is 0.0670. The van der Waals surface area contributed by atoms with Gasteiger partial charge in [0.15, 0.2) is 0 Å². The molecule has 1 heterocycles. The molecule has 17 heavy (non-hydrogen) atoms. The highest BCUT2D eigenvalue weighted by Crippen LogP contribution is 2.51. The standard InChI is InChI=1S/C11H21O5P/c1-4-15-17(13,16-5-2)8-9(3)11-10(12)6-7-14-11/h8,10-12H,4-7H2,1-3H3/b9-8+/t10-,11?/m1/s1. The minimum Gasteiger partial charge on any atom is -0.390 e. The first-order chi connectivity index (χ1) is 8.02. The van der Waals surface area contributed by atoms with Crippen LogP contribution < -0.4 is 0 Å². The van der Waals surface area contributed by atoms with E-state index in [1.54, 1.807) is 20.8 Å². The maximum atomic E-state index is 12.2. The van der Waals surface area contributed by atoms with Crippen LogP contribution in [0.1, 0.15) is 27.2 Å². The second kappa shape index (κ2) is 6.66. The van der Waals surface area contributed by atoms with E-state index in [2.05, 4.69) is 0 Å². The molecule has 0 amide bonds. The van der Waals surface area contributed by atoms with Crippen LogP contribution in [-0.2, 0) is 18.3 Å². The van der Waals surface area contributed by atoms with E-state index in [4.69, 9.17) is 13.8 Å². The Morgan fingerprint density at radius 1 is 1.47 bits per heavy atom. The molecule has 0 aromatic carbocycles. The normalized spacial score (nSPS) is 26.5. The van der Waals surface area contributed by atoms with Crippen molar-refractivity contribution in [1.82, 2.24) is 0 Å². The summed E-state index contributed by atoms with van der Waals surface area (Å²) in [6, 6.07) is 0. The van der Waals surface area contributed by atoms with E-state index < -0.39 is 19.8 Å². The molecule has 0 aromatic rings. The summed E-state index contributed by atoms with van der Waals surface area (Å²) in [4.78, 5) is 0. The molecule has 0 spiro atoms. The molecular formula is C11H21O5P. The average Bonchev–Trinajstić information content (AvgIpc) is 2.64. The fourth-order valence-electron chi connectivity index (χ4n) is 1.81. The first-order valence-electron chi connectivity index (χ1n) is 5.90. The molecule has 0 aromatic heterocycles. The Labute approximate surface area is 102 Å². The minimum atomic E-state index is -3.21. The van der Waals surface area contributed by atoms with E-state index in [9.17, 15) is 9.67 Å². The number of hydrogen-bond acceptors (Lipinski definition) is 5. The first kappa shape index (κ1) is 14.9. The molecule has 1 rings (SSSR count). The van der Waals surface area contributed by atoms with Crippen molar-refractivity contribution in [1.29, 1.82) is 0 Å². The van der Waals surface area contributed by atoms with Crippen LogP contribution in [0.5, 0.6) is 0 Å². The Bertz CT molecular complexity index is 305. The van der Waals surface area contributed by atoms with Crippen molar-refractivity contribution in [2.75, 3.05) is 19.8 Å². The van der Waals surface area contributed by atoms with Gasteiger partial charge in [0.2, 0.25) is 0 Å². The summed E-state index contributed by atoms with van der Waals surface area (Å²) in [7, 11) is -3.21. The number of aliphatic hydroxyl groups is 1. The van der Waals surface area contributed by atoms with Crippen molar-refractivity contribution in [3.8, 4) is 0 Å². The molecule has 1 N–H and O–H groups in total. The molecule has 0 bridgehead atoms. The predicted octanol–water partition coefficient (Wildman–Crippen LogP) is 2.31. The third kappa shape index (κ3) is 4.19. The third-order valence-corrected chi connectivity index (χ3v) is 4.45. The number of ether oxygens (including phenoxy) is 1. The Morgan fingerprint density at radius 3 is 2.47 bits per heavy atom. The highest BCUT2D eigenvalue weighted by atomic mass is 31.2. The van der Waals surface area contributed by atoms with Crippen LogP contribution >= 0.6 is 7.60 Å². The van der Waals surface area contributed by atoms with E-state index in [0.29, 0.717) is 31.8 Å². The van der Waals surface area contributed by atoms with Crippen LogP contribution in [-0.4, -0.2) is 37.1 Å². The van der Waals surface area contributed by atoms with Crippen molar-refractivity contribution < 1.29 is 23.5 Å². The van der Waals surface area contributed by atoms with Crippen LogP contribution in [0.4, 0.5) is 0 Å². The van der Waals surface area contributed by atoms with E-state index in [1.807, 2.05) is 0 Å². The molecule has 1 aliphatic rings. The fraction of sp³-hybridized carbons (Fsp3) is 0.818. The van der Waals surface area contributed by atoms with Crippen LogP contribution in [0, 0.1) is 0 Å². The van der Waals surface area contributed by atoms with Crippen molar-refractivity contribution >= 4 is 7.60 Å². The minimum absolute atomic E-state index is 0.315. The second-order valence-corrected chi connectivity index (χ2v) is 5.75. The topological polar surface area (TPSA) is 65.0 Å². The monoisotopic (exact) mass is 264 g/mol. The molecule has 1 aliphatic heterocycles. The van der Waals surface area contributed by atoms with Crippen molar-refractivity contribution in [2.45, 2.75) is 39.4 Å². The number of hydrogen-bond donors (Lipinski definition) is 1. The van der Waals surface area contributed by atoms with Crippen molar-refractivity contribution in [2.24, 2.45) is 0 Å². The second-order valence-electron chi connectivity index (χ2n) is 3.90. The zero-order valence-electron chi connectivity index (χ0n) is 10.6. The van der Waals surface area contributed by atoms with Gasteiger partial charge in [0.1, 0.15) is 6.10 Å². The van der Waals surface area contributed by atoms with Gasteiger partial charge in [-0.1, -0.05) is 0 Å². The Balaban J connectivity index is 2.78. The highest BCUT2D eigenvalue weighted by Gasteiger charge is 2.30. The van der Waals surface area contributed by atoms with Crippen LogP contribution in [0.15, 0.2) is 11.4 Å². The number of aliphatic hydroxyl groups excluding tert-OH is 1. The van der Waals surface area contributed by atoms with Gasteiger partial charge in [-0.05, 0) is 32.8 Å². The zero-order chi connectivity index (χ0) is 12.9. The van der Waals surface area contributed by atoms with Gasteiger partial charge >= 0.3 is 7.60 Å². The van der Waals surface area contributed by atoms with Crippen LogP contribution in [0.2, 0.25) is 0 Å². The Morgan fingerprint density at radius 2 is 2.06 bits per heavy atom. The maximum absolute atomic E-state index is 12.2. The summed E-state index contributed by atoms with van der Waals surface area (Å²) in [6.07, 6.45) is -0.337. The highest BCUT2D eigenvalue weighted by molar-refractivity contribution is 7.57. The van der Waals surface area contributed by atoms with Crippen molar-refractivity contribution in [3.05, 3.63) is 11.4 Å². The van der Waals surface area contributed by atoms with Crippen LogP contribution in [0.25, 0.3) is 0 Å². The number of rotatable bonds is 6. The Hall–Kier alpha value is -0.190. The van der Waals surface area contributed by atoms with Gasteiger partial charge in [-0.15, -0.1) is 0 Å². The van der Waals surface area contributed by atoms with Crippen LogP contribution in [0.3, 0.4) is 0 Å². The van der Waals surface area contributed by atoms with Gasteiger partial charge < -0.3 is 18.9 Å². The molecule has 6 heteroatoms. The summed E-state index contributed by atoms with van der Waals surface area (Å²) >= 11 is 0. The van der Waals surface area contributed by atoms with Gasteiger partial charge in [0, 0.05) is 5.82 Å². The zero-order valence-corrected chi connectivity index (χ0v) is 11.5. The smallest absolute Gasteiger partial charge is 0.354 e. The molecule has 2 atom stereocenters. The van der Waals surface area contributed by atoms with E-state index in [-0.39, 0.29) is 0 Å². The molecule has 100 valence electrons. The molecule has 1 fully saturated rings. The van der Waals surface area contributed by atoms with E-state index in [0.717, 1.165) is 0 Å². The quantitative estimate of drug-likeness (QED) is 0.746. The summed E-state index contributed by atoms with van der Waals surface area (Å²) in [5.41, 5.74) is 0.695. The molecular weight excluding hydrogens is 243 g/mol. The van der Waals surface area contributed by atoms with Gasteiger partial charge in [0.05, 0.1) is 25.9 Å². The molecule has 0 aliphatic carbocycles. The summed E-state index contributed by atoms with van der Waals surface area (Å²) < 4.78 is 27.9. The SMILES string of the molecule is CCOP(=O)(/C=C(\C)C1OCC[C@H]1O)OCC. The Kier molecular flexibility index (Phi) is 5.83. The lowest BCUT2D eigenvalue weighted by atomic mass is 10.1. The first-order valence-corrected chi connectivity index (χ1v) is 7.51. The van der Waals surface area contributed by atoms with Gasteiger partial charge in [-0.2, -0.15) is 0 Å². The lowest BCUT2D eigenvalue weighted by Gasteiger charge is -2.18. The molecule has 0 saturated carbocycles. The summed E-state index contributed by atoms with van der Waals surface area (Å²) in [5.74, 6) is 1.46. The summed E-state index contributed by atoms with van der Waals surface area (Å²) in [5, 5.41) is 9.68. The van der Waals surface area contributed by atoms with Gasteiger partial charge in [-0.3, -0.25) is 4.57 Å². The molecule has 0 radical (unpaired) electrons. The molecule has 1 saturated heterocycles. The van der Waals surface area contributed by atoms with Gasteiger partial charge in [-0.25, -0.2) is 0 Å². The van der Waals surface area contributed by atoms with Crippen molar-refractivity contribution in [3.63, 3.8) is 0 Å². The third-order valence-electron chi connectivity index (χ3n) is 2.49. The molecule has 5 nitrogen and oxygen atoms in total. The fourth-order valence-corrected chi connectivity index (χ4v) is 3.40. The van der Waals surface area contributed by atoms with Gasteiger partial charge in [0.25, 0.3) is 0 Å². The van der Waals surface area contributed by atoms with E-state index >= 15 is 0 Å². The maximum Gasteiger partial charge on any atom is 0.354 e.